The molecule has 0 aliphatic heterocycles. The van der Waals surface area contributed by atoms with Crippen LogP contribution in [0.1, 0.15) is 53.4 Å². The topological polar surface area (TPSA) is 51.6 Å². The molecule has 0 bridgehead atoms. The second kappa shape index (κ2) is 18.6. The van der Waals surface area contributed by atoms with Crippen LogP contribution < -0.4 is 0 Å². The molecule has 1 heterocycles. The van der Waals surface area contributed by atoms with Gasteiger partial charge < -0.3 is 0 Å². The highest BCUT2D eigenvalue weighted by atomic mass is 31.1. The van der Waals surface area contributed by atoms with Crippen LogP contribution in [-0.2, 0) is 0 Å². The normalized spacial score (nSPS) is 8.86. The van der Waals surface area contributed by atoms with E-state index in [0.717, 1.165) is 0 Å². The molecule has 1 aromatic heterocycles. The van der Waals surface area contributed by atoms with Crippen molar-refractivity contribution in [1.29, 1.82) is 0 Å². The van der Waals surface area contributed by atoms with E-state index in [0.29, 0.717) is 17.0 Å². The monoisotopic (exact) mass is 234 g/mol. The molecule has 0 aliphatic carbocycles. The fourth-order valence-corrected chi connectivity index (χ4v) is 0.751. The number of hydrogen-bond donors (Lipinski definition) is 0. The Morgan fingerprint density at radius 3 is 1.14 bits per heavy atom. The summed E-state index contributed by atoms with van der Waals surface area (Å²) in [5.41, 5.74) is 0. The molecule has 0 spiro atoms. The van der Waals surface area contributed by atoms with Gasteiger partial charge in [0.2, 0.25) is 0 Å². The van der Waals surface area contributed by atoms with Crippen LogP contribution in [0.25, 0.3) is 0 Å². The quantitative estimate of drug-likeness (QED) is 0.774. The van der Waals surface area contributed by atoms with Gasteiger partial charge in [-0.15, -0.1) is 0 Å². The van der Waals surface area contributed by atoms with E-state index in [1.807, 2.05) is 0 Å². The minimum Gasteiger partial charge on any atom is -0.163 e. The molecule has 0 amide bonds. The largest absolute Gasteiger partial charge is 0.186 e. The molecule has 0 unspecified atom stereocenters. The molecule has 1 rings (SSSR count). The summed E-state index contributed by atoms with van der Waals surface area (Å²) in [6, 6.07) is 0. The van der Waals surface area contributed by atoms with Gasteiger partial charge in [0.25, 0.3) is 0 Å². The fourth-order valence-electron chi connectivity index (χ4n) is 0.107. The van der Waals surface area contributed by atoms with Crippen LogP contribution in [0.4, 0.5) is 0 Å². The molecule has 0 saturated carbocycles. The minimum atomic E-state index is 0.676. The second-order valence-corrected chi connectivity index (χ2v) is 3.97. The van der Waals surface area contributed by atoms with Gasteiger partial charge in [-0.1, -0.05) is 63.1 Å². The summed E-state index contributed by atoms with van der Waals surface area (Å²) in [5, 5.41) is 3.31. The van der Waals surface area contributed by atoms with Crippen molar-refractivity contribution in [3.63, 3.8) is 0 Å². The van der Waals surface area contributed by atoms with Gasteiger partial charge in [0.05, 0.1) is 0 Å². The molecule has 82 valence electrons. The van der Waals surface area contributed by atoms with E-state index < -0.39 is 0 Å². The first kappa shape index (κ1) is 16.2. The lowest BCUT2D eigenvalue weighted by Gasteiger charge is -1.68. The van der Waals surface area contributed by atoms with Crippen LogP contribution >= 0.6 is 17.0 Å². The minimum absolute atomic E-state index is 0.676. The van der Waals surface area contributed by atoms with E-state index in [2.05, 4.69) is 47.1 Å². The first-order chi connectivity index (χ1) is 6.83. The molecule has 0 saturated heterocycles. The lowest BCUT2D eigenvalue weighted by Crippen LogP contribution is -1.70. The van der Waals surface area contributed by atoms with E-state index in [9.17, 15) is 0 Å². The zero-order valence-electron chi connectivity index (χ0n) is 9.51. The molecule has 0 fully saturated rings. The van der Waals surface area contributed by atoms with Crippen molar-refractivity contribution < 1.29 is 0 Å². The molecule has 1 aromatic rings. The Morgan fingerprint density at radius 2 is 1.07 bits per heavy atom. The van der Waals surface area contributed by atoms with Gasteiger partial charge in [-0.05, 0) is 5.21 Å². The summed E-state index contributed by atoms with van der Waals surface area (Å²) in [7, 11) is 1.35. The van der Waals surface area contributed by atoms with Crippen molar-refractivity contribution in [2.24, 2.45) is 0 Å². The van der Waals surface area contributed by atoms with Crippen molar-refractivity contribution >= 4 is 17.0 Å². The standard InChI is InChI=1S/2C4H10.N4P2/c2*1-3-4-2;1-2-5-4-6-3-1/h2*3-4H2,1-2H3;. The summed E-state index contributed by atoms with van der Waals surface area (Å²) in [4.78, 5) is 6.87. The lowest BCUT2D eigenvalue weighted by molar-refractivity contribution is 0.886. The maximum Gasteiger partial charge on any atom is 0.186 e. The van der Waals surface area contributed by atoms with E-state index in [4.69, 9.17) is 0 Å². The Bertz CT molecular complexity index is 128. The maximum atomic E-state index is 3.69. The first-order valence-corrected chi connectivity index (χ1v) is 6.63. The van der Waals surface area contributed by atoms with Crippen LogP contribution in [0.15, 0.2) is 0 Å². The Morgan fingerprint density at radius 1 is 0.714 bits per heavy atom. The first-order valence-electron chi connectivity index (χ1n) is 5.03. The highest BCUT2D eigenvalue weighted by Gasteiger charge is 1.64. The van der Waals surface area contributed by atoms with Crippen LogP contribution in [-0.4, -0.2) is 19.4 Å². The Balaban J connectivity index is 0. The maximum absolute atomic E-state index is 3.69. The average molecular weight is 234 g/mol. The van der Waals surface area contributed by atoms with Crippen molar-refractivity contribution in [1.82, 2.24) is 19.4 Å². The van der Waals surface area contributed by atoms with Crippen molar-refractivity contribution in [3.05, 3.63) is 0 Å². The molecular formula is C8H20N4P2. The van der Waals surface area contributed by atoms with Gasteiger partial charge in [0.15, 0.2) is 17.0 Å². The molecule has 4 nitrogen and oxygen atoms in total. The van der Waals surface area contributed by atoms with Gasteiger partial charge in [0.1, 0.15) is 0 Å². The van der Waals surface area contributed by atoms with Gasteiger partial charge in [-0.2, -0.15) is 4.51 Å². The second-order valence-electron chi connectivity index (χ2n) is 2.54. The van der Waals surface area contributed by atoms with Crippen molar-refractivity contribution in [3.8, 4) is 0 Å². The predicted octanol–water partition coefficient (Wildman–Crippen LogP) is 4.04. The molecular weight excluding hydrogens is 214 g/mol. The molecule has 0 radical (unpaired) electrons. The smallest absolute Gasteiger partial charge is 0.163 e. The van der Waals surface area contributed by atoms with Crippen molar-refractivity contribution in [2.75, 3.05) is 0 Å². The summed E-state index contributed by atoms with van der Waals surface area (Å²) < 4.78 is 3.69. The molecule has 6 heteroatoms. The zero-order chi connectivity index (χ0) is 11.1. The Hall–Kier alpha value is -0.200. The average Bonchev–Trinajstić information content (AvgIpc) is 2.32. The predicted molar refractivity (Wildman–Crippen MR) is 63.8 cm³/mol. The summed E-state index contributed by atoms with van der Waals surface area (Å²) in [6.45, 7) is 8.72. The fraction of sp³-hybridized carbons (Fsp3) is 1.00. The van der Waals surface area contributed by atoms with Crippen molar-refractivity contribution in [2.45, 2.75) is 53.4 Å². The Kier molecular flexibility index (Phi) is 21.5. The van der Waals surface area contributed by atoms with Gasteiger partial charge >= 0.3 is 0 Å². The number of hydrogen-bond acceptors (Lipinski definition) is 4. The number of aromatic nitrogens is 4. The SMILES string of the molecule is CCCC.CCCC.n1npnpn1. The highest BCUT2D eigenvalue weighted by Crippen LogP contribution is 1.88. The summed E-state index contributed by atoms with van der Waals surface area (Å²) in [6.07, 6.45) is 5.28. The Labute approximate surface area is 90.4 Å². The molecule has 0 N–H and O–H groups in total. The van der Waals surface area contributed by atoms with E-state index in [-0.39, 0.29) is 0 Å². The number of nitrogens with zero attached hydrogens (tertiary/aromatic N) is 4. The summed E-state index contributed by atoms with van der Waals surface area (Å²) in [5.74, 6) is 0. The molecule has 0 atom stereocenters. The molecule has 0 aliphatic rings. The number of rotatable bonds is 2. The van der Waals surface area contributed by atoms with Crippen LogP contribution in [0.3, 0.4) is 0 Å². The zero-order valence-corrected chi connectivity index (χ0v) is 11.3. The van der Waals surface area contributed by atoms with Gasteiger partial charge in [0, 0.05) is 0 Å². The third kappa shape index (κ3) is 22.6. The third-order valence-corrected chi connectivity index (χ3v) is 2.20. The molecule has 0 aromatic carbocycles. The highest BCUT2D eigenvalue weighted by molar-refractivity contribution is 7.32. The van der Waals surface area contributed by atoms with Crippen LogP contribution in [0.2, 0.25) is 0 Å². The van der Waals surface area contributed by atoms with Gasteiger partial charge in [-0.25, -0.2) is 0 Å². The molecule has 14 heavy (non-hydrogen) atoms. The lowest BCUT2D eigenvalue weighted by atomic mass is 10.4. The van der Waals surface area contributed by atoms with Gasteiger partial charge in [-0.3, -0.25) is 0 Å². The summed E-state index contributed by atoms with van der Waals surface area (Å²) >= 11 is 0. The van der Waals surface area contributed by atoms with Crippen LogP contribution in [0, 0.1) is 0 Å². The van der Waals surface area contributed by atoms with Crippen LogP contribution in [0.5, 0.6) is 0 Å². The number of unbranched alkanes of at least 4 members (excludes halogenated alkanes) is 2. The van der Waals surface area contributed by atoms with E-state index in [1.165, 1.54) is 25.7 Å². The van der Waals surface area contributed by atoms with E-state index >= 15 is 0 Å². The van der Waals surface area contributed by atoms with E-state index in [1.54, 1.807) is 0 Å². The third-order valence-electron chi connectivity index (χ3n) is 1.24.